The number of benzene rings is 4. The molecule has 0 N–H and O–H groups in total. The molecule has 0 saturated heterocycles. The van der Waals surface area contributed by atoms with Gasteiger partial charge >= 0.3 is 0 Å². The van der Waals surface area contributed by atoms with Crippen molar-refractivity contribution in [3.63, 3.8) is 0 Å². The van der Waals surface area contributed by atoms with Gasteiger partial charge in [0.25, 0.3) is 5.54 Å². The number of nitro groups is 1. The fourth-order valence-corrected chi connectivity index (χ4v) is 7.54. The van der Waals surface area contributed by atoms with Gasteiger partial charge in [-0.05, 0) is 59.7 Å². The molecule has 0 fully saturated rings. The van der Waals surface area contributed by atoms with Gasteiger partial charge in [0.1, 0.15) is 16.9 Å². The van der Waals surface area contributed by atoms with Gasteiger partial charge in [-0.15, -0.1) is 0 Å². The summed E-state index contributed by atoms with van der Waals surface area (Å²) < 4.78 is 11.9. The molecule has 1 aliphatic carbocycles. The number of hydrogen-bond acceptors (Lipinski definition) is 6. The van der Waals surface area contributed by atoms with Crippen LogP contribution in [0.25, 0.3) is 0 Å². The largest absolute Gasteiger partial charge is 0.497 e. The first-order valence-electron chi connectivity index (χ1n) is 13.8. The van der Waals surface area contributed by atoms with Gasteiger partial charge in [0, 0.05) is 37.9 Å². The monoisotopic (exact) mass is 623 g/mol. The van der Waals surface area contributed by atoms with Gasteiger partial charge in [0.05, 0.1) is 31.2 Å². The van der Waals surface area contributed by atoms with Crippen LogP contribution in [0, 0.1) is 21.4 Å². The first kappa shape index (κ1) is 28.0. The van der Waals surface area contributed by atoms with Gasteiger partial charge in [-0.1, -0.05) is 65.7 Å². The normalized spacial score (nSPS) is 24.5. The highest BCUT2D eigenvalue weighted by Gasteiger charge is 2.77. The van der Waals surface area contributed by atoms with Gasteiger partial charge in [-0.3, -0.25) is 14.9 Å². The molecule has 4 aromatic rings. The molecule has 4 atom stereocenters. The highest BCUT2D eigenvalue weighted by atomic mass is 35.5. The van der Waals surface area contributed by atoms with E-state index in [0.717, 1.165) is 5.56 Å². The summed E-state index contributed by atoms with van der Waals surface area (Å²) in [5.74, 6) is -0.876. The Kier molecular flexibility index (Phi) is 6.43. The summed E-state index contributed by atoms with van der Waals surface area (Å²) >= 11 is 13.1. The van der Waals surface area contributed by atoms with Crippen LogP contribution in [-0.4, -0.2) is 23.5 Å². The predicted octanol–water partition coefficient (Wildman–Crippen LogP) is 7.18. The second kappa shape index (κ2) is 10.1. The minimum atomic E-state index is -2.09. The van der Waals surface area contributed by atoms with E-state index in [1.54, 1.807) is 65.6 Å². The molecule has 4 unspecified atom stereocenters. The second-order valence-corrected chi connectivity index (χ2v) is 11.9. The van der Waals surface area contributed by atoms with E-state index >= 15 is 4.79 Å². The van der Waals surface area contributed by atoms with Crippen LogP contribution in [0.5, 0.6) is 11.5 Å². The Morgan fingerprint density at radius 1 is 1.02 bits per heavy atom. The molecule has 0 aromatic heterocycles. The number of hydrogen-bond donors (Lipinski definition) is 0. The van der Waals surface area contributed by atoms with E-state index < -0.39 is 33.8 Å². The number of anilines is 1. The van der Waals surface area contributed by atoms with E-state index in [-0.39, 0.29) is 12.1 Å². The summed E-state index contributed by atoms with van der Waals surface area (Å²) in [5.41, 5.74) is -1.33. The number of carbonyl (C=O) groups excluding carboxylic acids is 1. The van der Waals surface area contributed by atoms with Crippen molar-refractivity contribution in [2.75, 3.05) is 12.0 Å². The topological polar surface area (TPSA) is 106 Å². The molecule has 1 spiro atoms. The number of amides is 1. The zero-order valence-electron chi connectivity index (χ0n) is 23.2. The van der Waals surface area contributed by atoms with Crippen molar-refractivity contribution in [1.82, 2.24) is 0 Å². The average molecular weight is 624 g/mol. The molecule has 8 nitrogen and oxygen atoms in total. The van der Waals surface area contributed by atoms with Crippen LogP contribution in [-0.2, 0) is 16.8 Å². The molecule has 44 heavy (non-hydrogen) atoms. The van der Waals surface area contributed by atoms with Crippen molar-refractivity contribution >= 4 is 34.8 Å². The zero-order chi connectivity index (χ0) is 30.8. The minimum Gasteiger partial charge on any atom is -0.497 e. The summed E-state index contributed by atoms with van der Waals surface area (Å²) in [7, 11) is 1.50. The molecule has 3 aliphatic rings. The summed E-state index contributed by atoms with van der Waals surface area (Å²) in [6.07, 6.45) is 0.0906. The average Bonchev–Trinajstić information content (AvgIpc) is 3.48. The number of nitrogens with zero attached hydrogens (tertiary/aromatic N) is 3. The lowest BCUT2D eigenvalue weighted by molar-refractivity contribution is -0.574. The molecule has 1 amide bonds. The third-order valence-electron chi connectivity index (χ3n) is 8.92. The Morgan fingerprint density at radius 3 is 2.50 bits per heavy atom. The maximum Gasteiger partial charge on any atom is 0.290 e. The molecular formula is C34H23Cl2N3O5. The quantitative estimate of drug-likeness (QED) is 0.172. The zero-order valence-corrected chi connectivity index (χ0v) is 24.8. The van der Waals surface area contributed by atoms with Gasteiger partial charge in [0.15, 0.2) is 6.10 Å². The molecule has 218 valence electrons. The van der Waals surface area contributed by atoms with Gasteiger partial charge in [0.2, 0.25) is 5.91 Å². The van der Waals surface area contributed by atoms with Crippen molar-refractivity contribution in [3.05, 3.63) is 145 Å². The smallest absolute Gasteiger partial charge is 0.290 e. The van der Waals surface area contributed by atoms with E-state index in [4.69, 9.17) is 32.7 Å². The van der Waals surface area contributed by atoms with Crippen LogP contribution in [0.4, 0.5) is 5.69 Å². The molecule has 4 aromatic carbocycles. The Bertz CT molecular complexity index is 1940. The molecule has 0 radical (unpaired) electrons. The Labute approximate surface area is 262 Å². The van der Waals surface area contributed by atoms with Crippen LogP contribution in [0.3, 0.4) is 0 Å². The van der Waals surface area contributed by atoms with Crippen molar-refractivity contribution in [2.24, 2.45) is 0 Å². The third-order valence-corrected chi connectivity index (χ3v) is 9.39. The van der Waals surface area contributed by atoms with Gasteiger partial charge in [-0.2, -0.15) is 5.26 Å². The molecule has 10 heteroatoms. The summed E-state index contributed by atoms with van der Waals surface area (Å²) in [6.45, 7) is 0.186. The van der Waals surface area contributed by atoms with E-state index in [1.165, 1.54) is 13.2 Å². The predicted molar refractivity (Wildman–Crippen MR) is 165 cm³/mol. The lowest BCUT2D eigenvalue weighted by atomic mass is 9.60. The molecular weight excluding hydrogens is 601 g/mol. The Morgan fingerprint density at radius 2 is 1.77 bits per heavy atom. The maximum absolute atomic E-state index is 15.1. The van der Waals surface area contributed by atoms with Crippen LogP contribution in [0.2, 0.25) is 10.0 Å². The number of fused-ring (bicyclic) bond motifs is 6. The summed E-state index contributed by atoms with van der Waals surface area (Å²) in [4.78, 5) is 29.9. The van der Waals surface area contributed by atoms with Gasteiger partial charge < -0.3 is 14.4 Å². The molecule has 0 bridgehead atoms. The standard InChI is InChI=1S/C34H23Cl2N3O5/c1-43-25-9-5-8-21(14-25)31-33(39(41)42)17-22(18-37)34(30(33)26-15-23(35)11-13-29(26)44-31)27-16-24(36)10-12-28(27)38(32(34)40)19-20-6-3-2-4-7-20/h2-17,30-31H,19H2,1H3. The fourth-order valence-electron chi connectivity index (χ4n) is 7.19. The molecule has 7 rings (SSSR count). The fraction of sp³-hybridized carbons (Fsp3) is 0.176. The first-order valence-corrected chi connectivity index (χ1v) is 14.5. The van der Waals surface area contributed by atoms with Crippen LogP contribution in [0.15, 0.2) is 103 Å². The SMILES string of the molecule is COc1cccc(C2Oc3ccc(Cl)cc3C3C4(C(=O)N(Cc5ccccc5)c5ccc(Cl)cc54)C(C#N)=CC23[N+](=O)[O-])c1. The van der Waals surface area contributed by atoms with E-state index in [9.17, 15) is 15.4 Å². The summed E-state index contributed by atoms with van der Waals surface area (Å²) in [5, 5.41) is 25.0. The van der Waals surface area contributed by atoms with Crippen LogP contribution >= 0.6 is 23.2 Å². The number of rotatable bonds is 5. The molecule has 0 saturated carbocycles. The van der Waals surface area contributed by atoms with Crippen LogP contribution < -0.4 is 14.4 Å². The highest BCUT2D eigenvalue weighted by Crippen LogP contribution is 2.68. The van der Waals surface area contributed by atoms with E-state index in [0.29, 0.717) is 43.9 Å². The summed E-state index contributed by atoms with van der Waals surface area (Å²) in [6, 6.07) is 28.3. The number of methoxy groups -OCH3 is 1. The van der Waals surface area contributed by atoms with Crippen molar-refractivity contribution in [1.29, 1.82) is 5.26 Å². The lowest BCUT2D eigenvalue weighted by Crippen LogP contribution is -2.57. The molecule has 2 heterocycles. The first-order chi connectivity index (χ1) is 21.2. The maximum atomic E-state index is 15.1. The van der Waals surface area contributed by atoms with Crippen LogP contribution in [0.1, 0.15) is 34.3 Å². The Hall–Kier alpha value is -4.84. The third kappa shape index (κ3) is 3.73. The second-order valence-electron chi connectivity index (χ2n) is 11.1. The number of carbonyl (C=O) groups is 1. The van der Waals surface area contributed by atoms with Gasteiger partial charge in [-0.25, -0.2) is 0 Å². The van der Waals surface area contributed by atoms with Crippen molar-refractivity contribution in [2.45, 2.75) is 29.5 Å². The molecule has 2 aliphatic heterocycles. The minimum absolute atomic E-state index is 0.0485. The number of ether oxygens (including phenoxy) is 2. The van der Waals surface area contributed by atoms with E-state index in [2.05, 4.69) is 6.07 Å². The number of halogens is 2. The van der Waals surface area contributed by atoms with E-state index in [1.807, 2.05) is 30.3 Å². The number of nitriles is 1. The van der Waals surface area contributed by atoms with Crippen molar-refractivity contribution < 1.29 is 19.2 Å². The lowest BCUT2D eigenvalue weighted by Gasteiger charge is -2.44. The van der Waals surface area contributed by atoms with Crippen molar-refractivity contribution in [3.8, 4) is 17.6 Å². The Balaban J connectivity index is 1.56. The highest BCUT2D eigenvalue weighted by molar-refractivity contribution is 6.31.